The first kappa shape index (κ1) is 14.5. The number of hydrogen-bond donors (Lipinski definition) is 1. The minimum Gasteiger partial charge on any atom is -0.309 e. The normalized spacial score (nSPS) is 15.2. The Morgan fingerprint density at radius 3 is 2.95 bits per heavy atom. The average molecular weight is 285 g/mol. The highest BCUT2D eigenvalue weighted by molar-refractivity contribution is 6.33. The van der Waals surface area contributed by atoms with Crippen molar-refractivity contribution in [1.29, 1.82) is 0 Å². The van der Waals surface area contributed by atoms with E-state index in [0.29, 0.717) is 23.8 Å². The minimum absolute atomic E-state index is 0.0157. The molecule has 1 saturated carbocycles. The summed E-state index contributed by atoms with van der Waals surface area (Å²) in [7, 11) is 3.98. The van der Waals surface area contributed by atoms with Crippen LogP contribution in [0.3, 0.4) is 0 Å². The summed E-state index contributed by atoms with van der Waals surface area (Å²) >= 11 is 6.06. The second-order valence-corrected chi connectivity index (χ2v) is 5.77. The zero-order valence-electron chi connectivity index (χ0n) is 11.5. The van der Waals surface area contributed by atoms with E-state index in [9.17, 15) is 4.79 Å². The molecule has 1 heterocycles. The Balaban J connectivity index is 1.92. The van der Waals surface area contributed by atoms with Crippen molar-refractivity contribution in [2.45, 2.75) is 19.4 Å². The van der Waals surface area contributed by atoms with Crippen LogP contribution in [0.1, 0.15) is 23.3 Å². The van der Waals surface area contributed by atoms with Crippen molar-refractivity contribution >= 4 is 17.4 Å². The van der Waals surface area contributed by atoms with E-state index in [-0.39, 0.29) is 5.78 Å². The van der Waals surface area contributed by atoms with Gasteiger partial charge in [-0.2, -0.15) is 5.10 Å². The Morgan fingerprint density at radius 2 is 2.32 bits per heavy atom. The molecule has 1 fully saturated rings. The van der Waals surface area contributed by atoms with Crippen LogP contribution < -0.4 is 5.32 Å². The molecule has 1 aromatic rings. The molecule has 1 aromatic heterocycles. The molecule has 0 atom stereocenters. The van der Waals surface area contributed by atoms with E-state index < -0.39 is 0 Å². The van der Waals surface area contributed by atoms with E-state index in [1.807, 2.05) is 14.1 Å². The van der Waals surface area contributed by atoms with Crippen LogP contribution in [-0.4, -0.2) is 54.2 Å². The maximum absolute atomic E-state index is 12.2. The highest BCUT2D eigenvalue weighted by atomic mass is 35.5. The third-order valence-electron chi connectivity index (χ3n) is 3.23. The van der Waals surface area contributed by atoms with Gasteiger partial charge in [0.05, 0.1) is 24.3 Å². The lowest BCUT2D eigenvalue weighted by molar-refractivity contribution is 0.0980. The van der Waals surface area contributed by atoms with Crippen molar-refractivity contribution in [3.63, 3.8) is 0 Å². The summed E-state index contributed by atoms with van der Waals surface area (Å²) < 4.78 is 1.70. The monoisotopic (exact) mass is 284 g/mol. The second-order valence-electron chi connectivity index (χ2n) is 5.36. The van der Waals surface area contributed by atoms with E-state index >= 15 is 0 Å². The SMILES string of the molecule is CN(C)CCn1ncc(Cl)c1C(=O)CNCC1CC1. The van der Waals surface area contributed by atoms with Gasteiger partial charge in [0.1, 0.15) is 5.69 Å². The maximum Gasteiger partial charge on any atom is 0.196 e. The molecule has 0 aromatic carbocycles. The van der Waals surface area contributed by atoms with Crippen molar-refractivity contribution in [3.05, 3.63) is 16.9 Å². The van der Waals surface area contributed by atoms with Crippen LogP contribution in [0.2, 0.25) is 5.02 Å². The van der Waals surface area contributed by atoms with Crippen molar-refractivity contribution < 1.29 is 4.79 Å². The maximum atomic E-state index is 12.2. The number of likely N-dealkylation sites (N-methyl/N-ethyl adjacent to an activating group) is 1. The van der Waals surface area contributed by atoms with E-state index in [4.69, 9.17) is 11.6 Å². The molecule has 1 N–H and O–H groups in total. The molecular weight excluding hydrogens is 264 g/mol. The van der Waals surface area contributed by atoms with Gasteiger partial charge in [0.2, 0.25) is 0 Å². The molecule has 1 aliphatic rings. The Hall–Kier alpha value is -0.910. The van der Waals surface area contributed by atoms with Gasteiger partial charge in [-0.05, 0) is 39.4 Å². The zero-order chi connectivity index (χ0) is 13.8. The van der Waals surface area contributed by atoms with E-state index in [1.54, 1.807) is 10.9 Å². The number of carbonyl (C=O) groups excluding carboxylic acids is 1. The molecule has 6 heteroatoms. The van der Waals surface area contributed by atoms with Crippen LogP contribution >= 0.6 is 11.6 Å². The largest absolute Gasteiger partial charge is 0.309 e. The first-order valence-electron chi connectivity index (χ1n) is 6.68. The van der Waals surface area contributed by atoms with Gasteiger partial charge in [-0.1, -0.05) is 11.6 Å². The van der Waals surface area contributed by atoms with Gasteiger partial charge in [0.25, 0.3) is 0 Å². The fourth-order valence-electron chi connectivity index (χ4n) is 1.90. The molecule has 0 spiro atoms. The molecule has 0 unspecified atom stereocenters. The highest BCUT2D eigenvalue weighted by Crippen LogP contribution is 2.27. The lowest BCUT2D eigenvalue weighted by atomic mass is 10.2. The number of ketones is 1. The second kappa shape index (κ2) is 6.50. The highest BCUT2D eigenvalue weighted by Gasteiger charge is 2.22. The van der Waals surface area contributed by atoms with Gasteiger partial charge < -0.3 is 10.2 Å². The van der Waals surface area contributed by atoms with Crippen LogP contribution in [0.15, 0.2) is 6.20 Å². The Kier molecular flexibility index (Phi) is 4.96. The van der Waals surface area contributed by atoms with Crippen LogP contribution in [0.5, 0.6) is 0 Å². The van der Waals surface area contributed by atoms with E-state index in [0.717, 1.165) is 19.0 Å². The third kappa shape index (κ3) is 4.30. The fraction of sp³-hybridized carbons (Fsp3) is 0.692. The predicted molar refractivity (Wildman–Crippen MR) is 75.7 cm³/mol. The van der Waals surface area contributed by atoms with Crippen LogP contribution in [0, 0.1) is 5.92 Å². The number of rotatable bonds is 8. The van der Waals surface area contributed by atoms with Crippen molar-refractivity contribution in [1.82, 2.24) is 20.0 Å². The van der Waals surface area contributed by atoms with Gasteiger partial charge in [-0.25, -0.2) is 0 Å². The number of nitrogens with zero attached hydrogens (tertiary/aromatic N) is 3. The van der Waals surface area contributed by atoms with Gasteiger partial charge >= 0.3 is 0 Å². The smallest absolute Gasteiger partial charge is 0.196 e. The van der Waals surface area contributed by atoms with Crippen LogP contribution in [-0.2, 0) is 6.54 Å². The predicted octanol–water partition coefficient (Wildman–Crippen LogP) is 1.28. The van der Waals surface area contributed by atoms with Crippen LogP contribution in [0.25, 0.3) is 0 Å². The Labute approximate surface area is 118 Å². The van der Waals surface area contributed by atoms with Gasteiger partial charge in [-0.3, -0.25) is 9.48 Å². The molecule has 5 nitrogen and oxygen atoms in total. The van der Waals surface area contributed by atoms with Crippen LogP contribution in [0.4, 0.5) is 0 Å². The van der Waals surface area contributed by atoms with Gasteiger partial charge in [-0.15, -0.1) is 0 Å². The topological polar surface area (TPSA) is 50.2 Å². The minimum atomic E-state index is 0.0157. The number of aromatic nitrogens is 2. The molecule has 106 valence electrons. The van der Waals surface area contributed by atoms with Gasteiger partial charge in [0, 0.05) is 6.54 Å². The molecule has 0 saturated heterocycles. The van der Waals surface area contributed by atoms with Crippen molar-refractivity contribution in [3.8, 4) is 0 Å². The van der Waals surface area contributed by atoms with Crippen molar-refractivity contribution in [2.75, 3.05) is 33.7 Å². The summed E-state index contributed by atoms with van der Waals surface area (Å²) in [6.45, 7) is 2.76. The summed E-state index contributed by atoms with van der Waals surface area (Å²) in [6.07, 6.45) is 4.11. The number of Topliss-reactive ketones (excluding diaryl/α,β-unsaturated/α-hetero) is 1. The molecule has 0 amide bonds. The molecule has 1 aliphatic carbocycles. The average Bonchev–Trinajstić information content (AvgIpc) is 3.09. The fourth-order valence-corrected chi connectivity index (χ4v) is 2.15. The molecule has 0 bridgehead atoms. The first-order chi connectivity index (χ1) is 9.08. The summed E-state index contributed by atoms with van der Waals surface area (Å²) in [5.41, 5.74) is 0.520. The molecular formula is C13H21ClN4O. The third-order valence-corrected chi connectivity index (χ3v) is 3.51. The molecule has 19 heavy (non-hydrogen) atoms. The number of carbonyl (C=O) groups is 1. The molecule has 2 rings (SSSR count). The quantitative estimate of drug-likeness (QED) is 0.731. The lowest BCUT2D eigenvalue weighted by Crippen LogP contribution is -2.28. The zero-order valence-corrected chi connectivity index (χ0v) is 12.3. The lowest BCUT2D eigenvalue weighted by Gasteiger charge is -2.12. The molecule has 0 radical (unpaired) electrons. The van der Waals surface area contributed by atoms with Crippen molar-refractivity contribution in [2.24, 2.45) is 5.92 Å². The van der Waals surface area contributed by atoms with E-state index in [1.165, 1.54) is 12.8 Å². The number of hydrogen-bond acceptors (Lipinski definition) is 4. The van der Waals surface area contributed by atoms with E-state index in [2.05, 4.69) is 15.3 Å². The summed E-state index contributed by atoms with van der Waals surface area (Å²) in [6, 6.07) is 0. The van der Waals surface area contributed by atoms with Gasteiger partial charge in [0.15, 0.2) is 5.78 Å². The standard InChI is InChI=1S/C13H21ClN4O/c1-17(2)5-6-18-13(11(14)8-16-18)12(19)9-15-7-10-3-4-10/h8,10,15H,3-7,9H2,1-2H3. The molecule has 0 aliphatic heterocycles. The summed E-state index contributed by atoms with van der Waals surface area (Å²) in [5, 5.41) is 7.81. The number of halogens is 1. The number of nitrogens with one attached hydrogen (secondary N) is 1. The summed E-state index contributed by atoms with van der Waals surface area (Å²) in [4.78, 5) is 14.2. The Bertz CT molecular complexity index is 440. The first-order valence-corrected chi connectivity index (χ1v) is 7.05. The Morgan fingerprint density at radius 1 is 1.58 bits per heavy atom. The summed E-state index contributed by atoms with van der Waals surface area (Å²) in [5.74, 6) is 0.781.